The SMILES string of the molecule is Clc1ccc(NCc2cncs2)c(I)c1. The molecule has 1 N–H and O–H groups in total. The Morgan fingerprint density at radius 3 is 3.00 bits per heavy atom. The fourth-order valence-electron chi connectivity index (χ4n) is 1.14. The van der Waals surface area contributed by atoms with Crippen LogP contribution < -0.4 is 5.32 Å². The molecular formula is C10H8ClIN2S. The molecule has 0 saturated carbocycles. The van der Waals surface area contributed by atoms with E-state index in [1.54, 1.807) is 11.3 Å². The first-order valence-electron chi connectivity index (χ1n) is 4.32. The molecule has 1 aromatic heterocycles. The molecule has 0 bridgehead atoms. The van der Waals surface area contributed by atoms with Crippen LogP contribution in [0.1, 0.15) is 4.88 Å². The summed E-state index contributed by atoms with van der Waals surface area (Å²) in [5.41, 5.74) is 2.94. The average molecular weight is 351 g/mol. The van der Waals surface area contributed by atoms with Crippen LogP contribution >= 0.6 is 45.5 Å². The lowest BCUT2D eigenvalue weighted by atomic mass is 10.3. The summed E-state index contributed by atoms with van der Waals surface area (Å²) in [6, 6.07) is 5.82. The highest BCUT2D eigenvalue weighted by atomic mass is 127. The Hall–Kier alpha value is -0.330. The Morgan fingerprint density at radius 2 is 2.33 bits per heavy atom. The molecule has 0 aliphatic rings. The van der Waals surface area contributed by atoms with Gasteiger partial charge in [-0.25, -0.2) is 0 Å². The number of nitrogens with one attached hydrogen (secondary N) is 1. The number of hydrogen-bond donors (Lipinski definition) is 1. The van der Waals surface area contributed by atoms with Crippen molar-refractivity contribution in [2.24, 2.45) is 0 Å². The fourth-order valence-corrected chi connectivity index (χ4v) is 2.74. The van der Waals surface area contributed by atoms with E-state index in [9.17, 15) is 0 Å². The highest BCUT2D eigenvalue weighted by Gasteiger charge is 2.00. The minimum Gasteiger partial charge on any atom is -0.379 e. The van der Waals surface area contributed by atoms with Gasteiger partial charge in [0, 0.05) is 25.4 Å². The molecule has 0 radical (unpaired) electrons. The van der Waals surface area contributed by atoms with Crippen molar-refractivity contribution >= 4 is 51.2 Å². The van der Waals surface area contributed by atoms with E-state index in [4.69, 9.17) is 11.6 Å². The molecule has 78 valence electrons. The first-order chi connectivity index (χ1) is 7.25. The summed E-state index contributed by atoms with van der Waals surface area (Å²) in [7, 11) is 0. The molecule has 1 heterocycles. The van der Waals surface area contributed by atoms with Crippen LogP contribution in [0.4, 0.5) is 5.69 Å². The van der Waals surface area contributed by atoms with E-state index in [1.807, 2.05) is 29.9 Å². The van der Waals surface area contributed by atoms with Gasteiger partial charge < -0.3 is 5.32 Å². The molecule has 0 fully saturated rings. The van der Waals surface area contributed by atoms with Gasteiger partial charge in [0.05, 0.1) is 12.1 Å². The van der Waals surface area contributed by atoms with Gasteiger partial charge in [-0.1, -0.05) is 11.6 Å². The van der Waals surface area contributed by atoms with Crippen LogP contribution in [0.5, 0.6) is 0 Å². The summed E-state index contributed by atoms with van der Waals surface area (Å²) in [5.74, 6) is 0. The number of hydrogen-bond acceptors (Lipinski definition) is 3. The smallest absolute Gasteiger partial charge is 0.0794 e. The van der Waals surface area contributed by atoms with E-state index >= 15 is 0 Å². The fraction of sp³-hybridized carbons (Fsp3) is 0.100. The number of halogens is 2. The zero-order valence-electron chi connectivity index (χ0n) is 7.71. The normalized spacial score (nSPS) is 10.3. The maximum Gasteiger partial charge on any atom is 0.0794 e. The van der Waals surface area contributed by atoms with Gasteiger partial charge in [0.15, 0.2) is 0 Å². The van der Waals surface area contributed by atoms with E-state index in [1.165, 1.54) is 4.88 Å². The molecule has 0 aliphatic heterocycles. The Balaban J connectivity index is 2.05. The van der Waals surface area contributed by atoms with Crippen molar-refractivity contribution in [2.75, 3.05) is 5.32 Å². The summed E-state index contributed by atoms with van der Waals surface area (Å²) in [5, 5.41) is 4.11. The van der Waals surface area contributed by atoms with E-state index in [-0.39, 0.29) is 0 Å². The van der Waals surface area contributed by atoms with Gasteiger partial charge in [-0.2, -0.15) is 0 Å². The molecule has 2 rings (SSSR count). The van der Waals surface area contributed by atoms with Crippen molar-refractivity contribution < 1.29 is 0 Å². The Morgan fingerprint density at radius 1 is 1.47 bits per heavy atom. The molecule has 2 aromatic rings. The maximum absolute atomic E-state index is 5.88. The molecule has 15 heavy (non-hydrogen) atoms. The largest absolute Gasteiger partial charge is 0.379 e. The molecule has 0 spiro atoms. The standard InChI is InChI=1S/C10H8ClIN2S/c11-7-1-2-10(9(12)3-7)14-5-8-4-13-6-15-8/h1-4,6,14H,5H2. The monoisotopic (exact) mass is 350 g/mol. The molecule has 1 aromatic carbocycles. The molecular weight excluding hydrogens is 343 g/mol. The Kier molecular flexibility index (Phi) is 3.82. The van der Waals surface area contributed by atoms with Gasteiger partial charge >= 0.3 is 0 Å². The van der Waals surface area contributed by atoms with E-state index in [0.29, 0.717) is 0 Å². The van der Waals surface area contributed by atoms with Gasteiger partial charge in [-0.3, -0.25) is 4.98 Å². The maximum atomic E-state index is 5.88. The summed E-state index contributed by atoms with van der Waals surface area (Å²) < 4.78 is 1.13. The third-order valence-electron chi connectivity index (χ3n) is 1.87. The van der Waals surface area contributed by atoms with Crippen LogP contribution in [0.3, 0.4) is 0 Å². The first-order valence-corrected chi connectivity index (χ1v) is 6.65. The van der Waals surface area contributed by atoms with Gasteiger partial charge in [0.2, 0.25) is 0 Å². The number of anilines is 1. The third-order valence-corrected chi connectivity index (χ3v) is 3.77. The lowest BCUT2D eigenvalue weighted by Gasteiger charge is -2.07. The van der Waals surface area contributed by atoms with Crippen LogP contribution in [0.25, 0.3) is 0 Å². The first kappa shape index (κ1) is 11.2. The zero-order valence-corrected chi connectivity index (χ0v) is 11.4. The van der Waals surface area contributed by atoms with Crippen LogP contribution in [-0.4, -0.2) is 4.98 Å². The predicted octanol–water partition coefficient (Wildman–Crippen LogP) is 4.01. The number of nitrogens with zero attached hydrogens (tertiary/aromatic N) is 1. The van der Waals surface area contributed by atoms with Crippen molar-refractivity contribution in [3.63, 3.8) is 0 Å². The van der Waals surface area contributed by atoms with Gasteiger partial charge in [-0.05, 0) is 40.8 Å². The predicted molar refractivity (Wildman–Crippen MR) is 73.6 cm³/mol. The van der Waals surface area contributed by atoms with Crippen molar-refractivity contribution in [1.29, 1.82) is 0 Å². The molecule has 0 amide bonds. The average Bonchev–Trinajstić information content (AvgIpc) is 2.69. The second-order valence-corrected chi connectivity index (χ2v) is 5.51. The summed E-state index contributed by atoms with van der Waals surface area (Å²) in [4.78, 5) is 5.25. The van der Waals surface area contributed by atoms with E-state index in [0.717, 1.165) is 20.8 Å². The summed E-state index contributed by atoms with van der Waals surface area (Å²) >= 11 is 9.79. The lowest BCUT2D eigenvalue weighted by Crippen LogP contribution is -1.99. The second kappa shape index (κ2) is 5.14. The molecule has 2 nitrogen and oxygen atoms in total. The van der Waals surface area contributed by atoms with Crippen LogP contribution in [0.2, 0.25) is 5.02 Å². The molecule has 5 heteroatoms. The van der Waals surface area contributed by atoms with Crippen molar-refractivity contribution in [2.45, 2.75) is 6.54 Å². The van der Waals surface area contributed by atoms with Crippen LogP contribution in [-0.2, 0) is 6.54 Å². The van der Waals surface area contributed by atoms with Gasteiger partial charge in [0.1, 0.15) is 0 Å². The minimum absolute atomic E-state index is 0.766. The highest BCUT2D eigenvalue weighted by Crippen LogP contribution is 2.23. The topological polar surface area (TPSA) is 24.9 Å². The molecule has 0 saturated heterocycles. The van der Waals surface area contributed by atoms with Crippen LogP contribution in [0, 0.1) is 3.57 Å². The number of benzene rings is 1. The van der Waals surface area contributed by atoms with Crippen molar-refractivity contribution in [1.82, 2.24) is 4.98 Å². The van der Waals surface area contributed by atoms with E-state index in [2.05, 4.69) is 32.9 Å². The number of rotatable bonds is 3. The summed E-state index contributed by atoms with van der Waals surface area (Å²) in [6.07, 6.45) is 1.88. The van der Waals surface area contributed by atoms with Crippen molar-refractivity contribution in [3.8, 4) is 0 Å². The third kappa shape index (κ3) is 3.06. The van der Waals surface area contributed by atoms with Gasteiger partial charge in [0.25, 0.3) is 0 Å². The van der Waals surface area contributed by atoms with Crippen LogP contribution in [0.15, 0.2) is 29.9 Å². The molecule has 0 atom stereocenters. The highest BCUT2D eigenvalue weighted by molar-refractivity contribution is 14.1. The molecule has 0 aliphatic carbocycles. The quantitative estimate of drug-likeness (QED) is 0.846. The van der Waals surface area contributed by atoms with E-state index < -0.39 is 0 Å². The molecule has 0 unspecified atom stereocenters. The van der Waals surface area contributed by atoms with Gasteiger partial charge in [-0.15, -0.1) is 11.3 Å². The minimum atomic E-state index is 0.766. The number of aromatic nitrogens is 1. The Bertz CT molecular complexity index is 445. The lowest BCUT2D eigenvalue weighted by molar-refractivity contribution is 1.17. The second-order valence-electron chi connectivity index (χ2n) is 2.95. The van der Waals surface area contributed by atoms with Crippen molar-refractivity contribution in [3.05, 3.63) is 43.4 Å². The zero-order chi connectivity index (χ0) is 10.7. The summed E-state index contributed by atoms with van der Waals surface area (Å²) in [6.45, 7) is 0.808. The Labute approximate surface area is 111 Å². The number of thiazole rings is 1.